The Morgan fingerprint density at radius 3 is 2.78 bits per heavy atom. The van der Waals surface area contributed by atoms with Crippen LogP contribution in [-0.2, 0) is 6.42 Å². The lowest BCUT2D eigenvalue weighted by Crippen LogP contribution is -2.54. The molecule has 1 aliphatic carbocycles. The number of nitrogens with one attached hydrogen (secondary N) is 1. The van der Waals surface area contributed by atoms with E-state index >= 15 is 0 Å². The lowest BCUT2D eigenvalue weighted by Gasteiger charge is -2.37. The van der Waals surface area contributed by atoms with Crippen LogP contribution in [0, 0.1) is 5.92 Å². The molecule has 1 aromatic carbocycles. The standard InChI is InChI=1S/C16H24N2/c1-13(11-14-5-3-2-4-6-14)18-10-9-17-16(12-18)15-7-8-15/h2-6,13,15-17H,7-12H2,1H3. The van der Waals surface area contributed by atoms with Crippen LogP contribution in [0.5, 0.6) is 0 Å². The maximum Gasteiger partial charge on any atom is 0.0223 e. The van der Waals surface area contributed by atoms with Crippen molar-refractivity contribution in [2.75, 3.05) is 19.6 Å². The normalized spacial score (nSPS) is 27.1. The Labute approximate surface area is 110 Å². The average Bonchev–Trinajstić information content (AvgIpc) is 3.24. The first-order valence-corrected chi connectivity index (χ1v) is 7.34. The second-order valence-electron chi connectivity index (χ2n) is 5.93. The average molecular weight is 244 g/mol. The molecular formula is C16H24N2. The van der Waals surface area contributed by atoms with Crippen LogP contribution >= 0.6 is 0 Å². The molecule has 0 spiro atoms. The number of benzene rings is 1. The predicted octanol–water partition coefficient (Wildman–Crippen LogP) is 2.30. The van der Waals surface area contributed by atoms with E-state index in [0.29, 0.717) is 6.04 Å². The van der Waals surface area contributed by atoms with Crippen molar-refractivity contribution in [1.82, 2.24) is 10.2 Å². The third kappa shape index (κ3) is 2.93. The first kappa shape index (κ1) is 12.2. The van der Waals surface area contributed by atoms with Crippen molar-refractivity contribution in [1.29, 1.82) is 0 Å². The number of nitrogens with zero attached hydrogens (tertiary/aromatic N) is 1. The van der Waals surface area contributed by atoms with Gasteiger partial charge in [-0.05, 0) is 37.7 Å². The summed E-state index contributed by atoms with van der Waals surface area (Å²) in [6.07, 6.45) is 4.06. The Bertz CT molecular complexity index is 372. The fraction of sp³-hybridized carbons (Fsp3) is 0.625. The third-order valence-corrected chi connectivity index (χ3v) is 4.43. The molecule has 2 fully saturated rings. The highest BCUT2D eigenvalue weighted by Gasteiger charge is 2.34. The molecule has 1 heterocycles. The monoisotopic (exact) mass is 244 g/mol. The zero-order chi connectivity index (χ0) is 12.4. The van der Waals surface area contributed by atoms with Gasteiger partial charge in [-0.25, -0.2) is 0 Å². The molecule has 18 heavy (non-hydrogen) atoms. The number of hydrogen-bond donors (Lipinski definition) is 1. The van der Waals surface area contributed by atoms with Gasteiger partial charge >= 0.3 is 0 Å². The zero-order valence-electron chi connectivity index (χ0n) is 11.3. The number of hydrogen-bond acceptors (Lipinski definition) is 2. The first-order valence-electron chi connectivity index (χ1n) is 7.34. The van der Waals surface area contributed by atoms with Gasteiger partial charge < -0.3 is 5.32 Å². The summed E-state index contributed by atoms with van der Waals surface area (Å²) in [5.74, 6) is 0.969. The predicted molar refractivity (Wildman–Crippen MR) is 75.7 cm³/mol. The highest BCUT2D eigenvalue weighted by molar-refractivity contribution is 5.15. The molecule has 1 aliphatic heterocycles. The molecule has 98 valence electrons. The highest BCUT2D eigenvalue weighted by Crippen LogP contribution is 2.34. The van der Waals surface area contributed by atoms with Crippen molar-refractivity contribution in [3.63, 3.8) is 0 Å². The number of piperazine rings is 1. The van der Waals surface area contributed by atoms with E-state index in [1.54, 1.807) is 0 Å². The van der Waals surface area contributed by atoms with E-state index in [1.807, 2.05) is 0 Å². The van der Waals surface area contributed by atoms with Gasteiger partial charge in [0.1, 0.15) is 0 Å². The van der Waals surface area contributed by atoms with Gasteiger partial charge in [0.15, 0.2) is 0 Å². The molecule has 1 saturated carbocycles. The largest absolute Gasteiger partial charge is 0.311 e. The molecule has 1 N–H and O–H groups in total. The summed E-state index contributed by atoms with van der Waals surface area (Å²) in [5, 5.41) is 3.69. The van der Waals surface area contributed by atoms with Gasteiger partial charge in [0.25, 0.3) is 0 Å². The topological polar surface area (TPSA) is 15.3 Å². The van der Waals surface area contributed by atoms with Crippen LogP contribution in [0.25, 0.3) is 0 Å². The lowest BCUT2D eigenvalue weighted by molar-refractivity contribution is 0.144. The molecule has 2 nitrogen and oxygen atoms in total. The summed E-state index contributed by atoms with van der Waals surface area (Å²) in [6, 6.07) is 12.3. The number of rotatable bonds is 4. The maximum atomic E-state index is 3.69. The summed E-state index contributed by atoms with van der Waals surface area (Å²) in [6.45, 7) is 6.00. The summed E-state index contributed by atoms with van der Waals surface area (Å²) in [4.78, 5) is 2.67. The van der Waals surface area contributed by atoms with E-state index < -0.39 is 0 Å². The van der Waals surface area contributed by atoms with Crippen molar-refractivity contribution < 1.29 is 0 Å². The van der Waals surface area contributed by atoms with Crippen molar-refractivity contribution in [3.05, 3.63) is 35.9 Å². The third-order valence-electron chi connectivity index (χ3n) is 4.43. The summed E-state index contributed by atoms with van der Waals surface area (Å²) < 4.78 is 0. The molecular weight excluding hydrogens is 220 g/mol. The molecule has 0 aromatic heterocycles. The minimum absolute atomic E-state index is 0.663. The van der Waals surface area contributed by atoms with E-state index in [4.69, 9.17) is 0 Å². The second kappa shape index (κ2) is 5.41. The minimum atomic E-state index is 0.663. The van der Waals surface area contributed by atoms with E-state index in [9.17, 15) is 0 Å². The van der Waals surface area contributed by atoms with Crippen molar-refractivity contribution >= 4 is 0 Å². The van der Waals surface area contributed by atoms with E-state index in [-0.39, 0.29) is 0 Å². The molecule has 0 radical (unpaired) electrons. The van der Waals surface area contributed by atoms with Crippen LogP contribution in [0.4, 0.5) is 0 Å². The summed E-state index contributed by atoms with van der Waals surface area (Å²) in [5.41, 5.74) is 1.46. The van der Waals surface area contributed by atoms with Gasteiger partial charge in [-0.3, -0.25) is 4.90 Å². The van der Waals surface area contributed by atoms with Crippen LogP contribution in [0.1, 0.15) is 25.3 Å². The highest BCUT2D eigenvalue weighted by atomic mass is 15.2. The van der Waals surface area contributed by atoms with E-state index in [2.05, 4.69) is 47.5 Å². The minimum Gasteiger partial charge on any atom is -0.311 e. The van der Waals surface area contributed by atoms with Gasteiger partial charge in [-0.15, -0.1) is 0 Å². The molecule has 0 bridgehead atoms. The Balaban J connectivity index is 1.56. The lowest BCUT2D eigenvalue weighted by atomic mass is 10.0. The van der Waals surface area contributed by atoms with Gasteiger partial charge in [0.05, 0.1) is 0 Å². The Kier molecular flexibility index (Phi) is 3.67. The Morgan fingerprint density at radius 2 is 2.06 bits per heavy atom. The molecule has 2 atom stereocenters. The molecule has 2 unspecified atom stereocenters. The smallest absolute Gasteiger partial charge is 0.0223 e. The molecule has 0 amide bonds. The zero-order valence-corrected chi connectivity index (χ0v) is 11.3. The summed E-state index contributed by atoms with van der Waals surface area (Å²) in [7, 11) is 0. The fourth-order valence-electron chi connectivity index (χ4n) is 3.10. The van der Waals surface area contributed by atoms with Gasteiger partial charge in [-0.1, -0.05) is 30.3 Å². The van der Waals surface area contributed by atoms with Crippen LogP contribution < -0.4 is 5.32 Å². The summed E-state index contributed by atoms with van der Waals surface area (Å²) >= 11 is 0. The molecule has 2 aliphatic rings. The molecule has 3 rings (SSSR count). The van der Waals surface area contributed by atoms with Crippen LogP contribution in [-0.4, -0.2) is 36.6 Å². The Morgan fingerprint density at radius 1 is 1.28 bits per heavy atom. The van der Waals surface area contributed by atoms with Gasteiger partial charge in [0.2, 0.25) is 0 Å². The van der Waals surface area contributed by atoms with Crippen LogP contribution in [0.3, 0.4) is 0 Å². The van der Waals surface area contributed by atoms with Crippen LogP contribution in [0.2, 0.25) is 0 Å². The molecule has 1 saturated heterocycles. The van der Waals surface area contributed by atoms with Crippen molar-refractivity contribution in [3.8, 4) is 0 Å². The Hall–Kier alpha value is -0.860. The first-order chi connectivity index (χ1) is 8.83. The fourth-order valence-corrected chi connectivity index (χ4v) is 3.10. The quantitative estimate of drug-likeness (QED) is 0.874. The SMILES string of the molecule is CC(Cc1ccccc1)N1CCNC(C2CC2)C1. The van der Waals surface area contributed by atoms with Gasteiger partial charge in [-0.2, -0.15) is 0 Å². The van der Waals surface area contributed by atoms with Crippen LogP contribution in [0.15, 0.2) is 30.3 Å². The molecule has 2 heteroatoms. The van der Waals surface area contributed by atoms with Crippen molar-refractivity contribution in [2.45, 2.75) is 38.3 Å². The maximum absolute atomic E-state index is 3.69. The van der Waals surface area contributed by atoms with Crippen molar-refractivity contribution in [2.24, 2.45) is 5.92 Å². The van der Waals surface area contributed by atoms with E-state index in [0.717, 1.165) is 12.0 Å². The van der Waals surface area contributed by atoms with Gasteiger partial charge in [0, 0.05) is 31.7 Å². The van der Waals surface area contributed by atoms with E-state index in [1.165, 1.54) is 44.5 Å². The molecule has 1 aromatic rings. The second-order valence-corrected chi connectivity index (χ2v) is 5.93.